The number of benzene rings is 3. The summed E-state index contributed by atoms with van der Waals surface area (Å²) < 4.78 is 27.4. The number of carbonyl (C=O) groups is 3. The molecule has 3 amide bonds. The number of fused-ring (bicyclic) bond motifs is 1. The van der Waals surface area contributed by atoms with E-state index < -0.39 is 27.9 Å². The SMILES string of the molecule is CNC(=O)[C@@H](Cc1ccccc1)N(Cc1cccc(Br)c1)C(=O)CCN1C(=O)c2ccccc2S1(=O)=O. The molecule has 8 nitrogen and oxygen atoms in total. The van der Waals surface area contributed by atoms with Gasteiger partial charge in [0.05, 0.1) is 5.56 Å². The molecule has 1 aliphatic rings. The van der Waals surface area contributed by atoms with Gasteiger partial charge in [0.2, 0.25) is 11.8 Å². The first-order valence-electron chi connectivity index (χ1n) is 11.7. The molecule has 0 unspecified atom stereocenters. The average molecular weight is 584 g/mol. The Hall–Kier alpha value is -3.50. The molecule has 1 atom stereocenters. The van der Waals surface area contributed by atoms with Gasteiger partial charge in [-0.05, 0) is 35.4 Å². The summed E-state index contributed by atoms with van der Waals surface area (Å²) in [4.78, 5) is 40.8. The van der Waals surface area contributed by atoms with Crippen LogP contribution in [0.1, 0.15) is 27.9 Å². The molecule has 0 saturated carbocycles. The van der Waals surface area contributed by atoms with E-state index in [0.717, 1.165) is 19.9 Å². The van der Waals surface area contributed by atoms with Crippen molar-refractivity contribution in [2.24, 2.45) is 0 Å². The maximum atomic E-state index is 13.6. The topological polar surface area (TPSA) is 104 Å². The average Bonchev–Trinajstić information content (AvgIpc) is 3.09. The van der Waals surface area contributed by atoms with E-state index in [2.05, 4.69) is 21.2 Å². The Bertz CT molecular complexity index is 1430. The van der Waals surface area contributed by atoms with Gasteiger partial charge in [-0.3, -0.25) is 14.4 Å². The molecule has 192 valence electrons. The predicted molar refractivity (Wildman–Crippen MR) is 142 cm³/mol. The number of nitrogens with zero attached hydrogens (tertiary/aromatic N) is 2. The van der Waals surface area contributed by atoms with Crippen LogP contribution in [0.2, 0.25) is 0 Å². The van der Waals surface area contributed by atoms with Crippen molar-refractivity contribution in [3.63, 3.8) is 0 Å². The molecule has 3 aromatic carbocycles. The van der Waals surface area contributed by atoms with Crippen LogP contribution < -0.4 is 5.32 Å². The van der Waals surface area contributed by atoms with Crippen LogP contribution in [0.25, 0.3) is 0 Å². The van der Waals surface area contributed by atoms with Gasteiger partial charge in [0, 0.05) is 37.5 Å². The summed E-state index contributed by atoms with van der Waals surface area (Å²) in [6, 6.07) is 21.9. The second-order valence-electron chi connectivity index (χ2n) is 8.60. The highest BCUT2D eigenvalue weighted by Crippen LogP contribution is 2.30. The Morgan fingerprint density at radius 2 is 1.65 bits per heavy atom. The summed E-state index contributed by atoms with van der Waals surface area (Å²) in [5.41, 5.74) is 1.76. The van der Waals surface area contributed by atoms with E-state index in [1.807, 2.05) is 54.6 Å². The van der Waals surface area contributed by atoms with Crippen molar-refractivity contribution in [1.82, 2.24) is 14.5 Å². The zero-order chi connectivity index (χ0) is 26.6. The lowest BCUT2D eigenvalue weighted by Gasteiger charge is -2.31. The predicted octanol–water partition coefficient (Wildman–Crippen LogP) is 3.37. The minimum Gasteiger partial charge on any atom is -0.357 e. The third kappa shape index (κ3) is 5.75. The van der Waals surface area contributed by atoms with E-state index in [4.69, 9.17) is 0 Å². The quantitative estimate of drug-likeness (QED) is 0.416. The normalized spacial score (nSPS) is 14.6. The maximum absolute atomic E-state index is 13.6. The van der Waals surface area contributed by atoms with E-state index in [0.29, 0.717) is 0 Å². The molecule has 37 heavy (non-hydrogen) atoms. The first kappa shape index (κ1) is 26.6. The van der Waals surface area contributed by atoms with Crippen LogP contribution in [-0.4, -0.2) is 55.0 Å². The Balaban J connectivity index is 1.61. The van der Waals surface area contributed by atoms with Crippen molar-refractivity contribution in [3.8, 4) is 0 Å². The zero-order valence-electron chi connectivity index (χ0n) is 20.1. The zero-order valence-corrected chi connectivity index (χ0v) is 22.5. The first-order valence-corrected chi connectivity index (χ1v) is 13.9. The third-order valence-corrected chi connectivity index (χ3v) is 8.53. The molecule has 0 aromatic heterocycles. The standard InChI is InChI=1S/C27H26BrN3O5S/c1-29-26(33)23(17-19-8-3-2-4-9-19)30(18-20-10-7-11-21(28)16-20)25(32)14-15-31-27(34)22-12-5-6-13-24(22)37(31,35)36/h2-13,16,23H,14-15,17-18H2,1H3,(H,29,33)/t23-/m1/s1. The van der Waals surface area contributed by atoms with Crippen molar-refractivity contribution in [2.45, 2.75) is 30.3 Å². The van der Waals surface area contributed by atoms with E-state index in [1.165, 1.54) is 24.1 Å². The summed E-state index contributed by atoms with van der Waals surface area (Å²) in [5.74, 6) is -1.44. The molecule has 0 aliphatic carbocycles. The van der Waals surface area contributed by atoms with Gasteiger partial charge in [0.1, 0.15) is 10.9 Å². The molecular formula is C27H26BrN3O5S. The Kier molecular flexibility index (Phi) is 8.09. The maximum Gasteiger partial charge on any atom is 0.269 e. The number of carbonyl (C=O) groups excluding carboxylic acids is 3. The van der Waals surface area contributed by atoms with E-state index in [-0.39, 0.29) is 42.3 Å². The number of nitrogens with one attached hydrogen (secondary N) is 1. The van der Waals surface area contributed by atoms with E-state index >= 15 is 0 Å². The van der Waals surface area contributed by atoms with Gasteiger partial charge >= 0.3 is 0 Å². The number of likely N-dealkylation sites (N-methyl/N-ethyl adjacent to an activating group) is 1. The largest absolute Gasteiger partial charge is 0.357 e. The van der Waals surface area contributed by atoms with Gasteiger partial charge in [-0.2, -0.15) is 0 Å². The number of hydrogen-bond acceptors (Lipinski definition) is 5. The van der Waals surface area contributed by atoms with Gasteiger partial charge in [0.15, 0.2) is 0 Å². The molecule has 0 bridgehead atoms. The number of amides is 3. The monoisotopic (exact) mass is 583 g/mol. The molecule has 1 heterocycles. The molecule has 0 saturated heterocycles. The van der Waals surface area contributed by atoms with Crippen molar-refractivity contribution in [2.75, 3.05) is 13.6 Å². The van der Waals surface area contributed by atoms with Crippen LogP contribution in [0.4, 0.5) is 0 Å². The van der Waals surface area contributed by atoms with Crippen LogP contribution in [-0.2, 0) is 32.6 Å². The Morgan fingerprint density at radius 3 is 2.32 bits per heavy atom. The smallest absolute Gasteiger partial charge is 0.269 e. The Morgan fingerprint density at radius 1 is 0.973 bits per heavy atom. The summed E-state index contributed by atoms with van der Waals surface area (Å²) >= 11 is 3.44. The van der Waals surface area contributed by atoms with Crippen molar-refractivity contribution in [3.05, 3.63) is 100 Å². The molecule has 4 rings (SSSR count). The van der Waals surface area contributed by atoms with Gasteiger partial charge in [-0.25, -0.2) is 12.7 Å². The minimum absolute atomic E-state index is 0.0641. The second-order valence-corrected chi connectivity index (χ2v) is 11.3. The fourth-order valence-corrected chi connectivity index (χ4v) is 6.36. The molecular weight excluding hydrogens is 558 g/mol. The van der Waals surface area contributed by atoms with Crippen LogP contribution in [0.3, 0.4) is 0 Å². The van der Waals surface area contributed by atoms with Gasteiger partial charge in [-0.15, -0.1) is 0 Å². The van der Waals surface area contributed by atoms with Crippen molar-refractivity contribution in [1.29, 1.82) is 0 Å². The molecule has 0 spiro atoms. The van der Waals surface area contributed by atoms with Crippen LogP contribution >= 0.6 is 15.9 Å². The molecule has 1 N–H and O–H groups in total. The number of rotatable bonds is 9. The molecule has 3 aromatic rings. The summed E-state index contributed by atoms with van der Waals surface area (Å²) in [5, 5.41) is 2.64. The number of halogens is 1. The molecule has 10 heteroatoms. The molecule has 0 radical (unpaired) electrons. The van der Waals surface area contributed by atoms with Gasteiger partial charge in [0.25, 0.3) is 15.9 Å². The fourth-order valence-electron chi connectivity index (χ4n) is 4.35. The minimum atomic E-state index is -4.04. The van der Waals surface area contributed by atoms with Crippen molar-refractivity contribution < 1.29 is 22.8 Å². The van der Waals surface area contributed by atoms with E-state index in [1.54, 1.807) is 12.1 Å². The summed E-state index contributed by atoms with van der Waals surface area (Å²) in [7, 11) is -2.53. The highest BCUT2D eigenvalue weighted by atomic mass is 79.9. The lowest BCUT2D eigenvalue weighted by atomic mass is 10.0. The van der Waals surface area contributed by atoms with Crippen molar-refractivity contribution >= 4 is 43.7 Å². The molecule has 0 fully saturated rings. The number of sulfonamides is 1. The third-order valence-electron chi connectivity index (χ3n) is 6.20. The lowest BCUT2D eigenvalue weighted by molar-refractivity contribution is -0.141. The lowest BCUT2D eigenvalue weighted by Crippen LogP contribution is -2.50. The van der Waals surface area contributed by atoms with Gasteiger partial charge < -0.3 is 10.2 Å². The highest BCUT2D eigenvalue weighted by Gasteiger charge is 2.41. The van der Waals surface area contributed by atoms with E-state index in [9.17, 15) is 22.8 Å². The second kappa shape index (κ2) is 11.3. The van der Waals surface area contributed by atoms with Crippen LogP contribution in [0.5, 0.6) is 0 Å². The van der Waals surface area contributed by atoms with Gasteiger partial charge in [-0.1, -0.05) is 70.5 Å². The molecule has 1 aliphatic heterocycles. The van der Waals surface area contributed by atoms with Crippen LogP contribution in [0, 0.1) is 0 Å². The summed E-state index contributed by atoms with van der Waals surface area (Å²) in [6.45, 7) is -0.195. The fraction of sp³-hybridized carbons (Fsp3) is 0.222. The number of hydrogen-bond donors (Lipinski definition) is 1. The first-order chi connectivity index (χ1) is 17.7. The highest BCUT2D eigenvalue weighted by molar-refractivity contribution is 9.10. The van der Waals surface area contributed by atoms with Crippen LogP contribution in [0.15, 0.2) is 88.2 Å². The summed E-state index contributed by atoms with van der Waals surface area (Å²) in [6.07, 6.45) is 0.00187. The Labute approximate surface area is 224 Å².